The number of amides is 1. The lowest BCUT2D eigenvalue weighted by Crippen LogP contribution is -2.34. The van der Waals surface area contributed by atoms with Gasteiger partial charge in [-0.05, 0) is 16.5 Å². The number of benzene rings is 2. The zero-order valence-corrected chi connectivity index (χ0v) is 15.3. The van der Waals surface area contributed by atoms with E-state index in [1.54, 1.807) is 4.90 Å². The minimum absolute atomic E-state index is 0.0172. The molecule has 1 amide bonds. The van der Waals surface area contributed by atoms with E-state index in [4.69, 9.17) is 0 Å². The molecule has 0 spiro atoms. The Balaban J connectivity index is 1.75. The molecule has 0 aliphatic carbocycles. The van der Waals surface area contributed by atoms with Gasteiger partial charge in [0, 0.05) is 25.4 Å². The first kappa shape index (κ1) is 18.2. The molecule has 0 bridgehead atoms. The summed E-state index contributed by atoms with van der Waals surface area (Å²) in [6.45, 7) is 4.85. The molecule has 4 nitrogen and oxygen atoms in total. The normalized spacial score (nSPS) is 20.2. The van der Waals surface area contributed by atoms with E-state index in [0.29, 0.717) is 13.0 Å². The molecule has 0 radical (unpaired) electrons. The second-order valence-corrected chi connectivity index (χ2v) is 7.69. The minimum Gasteiger partial charge on any atom is -0.481 e. The van der Waals surface area contributed by atoms with Crippen LogP contribution in [0.5, 0.6) is 0 Å². The van der Waals surface area contributed by atoms with Crippen molar-refractivity contribution in [3.05, 3.63) is 71.8 Å². The van der Waals surface area contributed by atoms with Gasteiger partial charge in [0.05, 0.1) is 5.92 Å². The molecule has 1 saturated heterocycles. The first-order chi connectivity index (χ1) is 12.4. The lowest BCUT2D eigenvalue weighted by molar-refractivity contribution is -0.141. The number of hydrogen-bond acceptors (Lipinski definition) is 2. The van der Waals surface area contributed by atoms with Crippen molar-refractivity contribution in [3.8, 4) is 0 Å². The molecular weight excluding hydrogens is 326 g/mol. The summed E-state index contributed by atoms with van der Waals surface area (Å²) in [5.74, 6) is -1.53. The third-order valence-electron chi connectivity index (χ3n) is 5.37. The summed E-state index contributed by atoms with van der Waals surface area (Å²) < 4.78 is 0. The molecule has 3 rings (SSSR count). The van der Waals surface area contributed by atoms with Crippen LogP contribution < -0.4 is 0 Å². The van der Waals surface area contributed by atoms with Crippen molar-refractivity contribution in [2.45, 2.75) is 31.6 Å². The zero-order valence-electron chi connectivity index (χ0n) is 15.3. The lowest BCUT2D eigenvalue weighted by atomic mass is 9.81. The fourth-order valence-electron chi connectivity index (χ4n) is 3.78. The molecule has 1 heterocycles. The van der Waals surface area contributed by atoms with Crippen molar-refractivity contribution in [2.24, 2.45) is 5.92 Å². The molecule has 2 atom stereocenters. The van der Waals surface area contributed by atoms with E-state index in [-0.39, 0.29) is 23.8 Å². The van der Waals surface area contributed by atoms with E-state index in [2.05, 4.69) is 13.8 Å². The van der Waals surface area contributed by atoms with E-state index < -0.39 is 11.9 Å². The Morgan fingerprint density at radius 2 is 1.58 bits per heavy atom. The quantitative estimate of drug-likeness (QED) is 0.894. The third kappa shape index (κ3) is 3.79. The Hall–Kier alpha value is -2.62. The van der Waals surface area contributed by atoms with Gasteiger partial charge in [0.2, 0.25) is 5.91 Å². The fraction of sp³-hybridized carbons (Fsp3) is 0.364. The average Bonchev–Trinajstić information content (AvgIpc) is 3.09. The van der Waals surface area contributed by atoms with Crippen LogP contribution in [0.2, 0.25) is 0 Å². The van der Waals surface area contributed by atoms with Gasteiger partial charge < -0.3 is 10.0 Å². The van der Waals surface area contributed by atoms with E-state index in [0.717, 1.165) is 11.1 Å². The van der Waals surface area contributed by atoms with Gasteiger partial charge in [-0.3, -0.25) is 9.59 Å². The summed E-state index contributed by atoms with van der Waals surface area (Å²) >= 11 is 0. The van der Waals surface area contributed by atoms with Crippen LogP contribution in [0.1, 0.15) is 37.3 Å². The summed E-state index contributed by atoms with van der Waals surface area (Å²) in [4.78, 5) is 26.4. The van der Waals surface area contributed by atoms with Crippen LogP contribution in [0, 0.1) is 5.92 Å². The second kappa shape index (κ2) is 7.32. The molecule has 1 aliphatic heterocycles. The van der Waals surface area contributed by atoms with Crippen LogP contribution in [-0.4, -0.2) is 35.0 Å². The summed E-state index contributed by atoms with van der Waals surface area (Å²) in [5.41, 5.74) is 1.81. The number of aliphatic carboxylic acids is 1. The van der Waals surface area contributed by atoms with Crippen LogP contribution in [0.25, 0.3) is 0 Å². The molecule has 0 aromatic heterocycles. The SMILES string of the molecule is CC(C)(CC(=O)N1CC(C(=O)O)C(c2ccccc2)C1)c1ccccc1. The summed E-state index contributed by atoms with van der Waals surface area (Å²) in [6, 6.07) is 19.6. The van der Waals surface area contributed by atoms with Gasteiger partial charge in [-0.25, -0.2) is 0 Å². The molecular formula is C22H25NO3. The molecule has 2 aromatic carbocycles. The number of carbonyl (C=O) groups excluding carboxylic acids is 1. The third-order valence-corrected chi connectivity index (χ3v) is 5.37. The monoisotopic (exact) mass is 351 g/mol. The van der Waals surface area contributed by atoms with Crippen LogP contribution in [0.4, 0.5) is 0 Å². The number of hydrogen-bond donors (Lipinski definition) is 1. The first-order valence-electron chi connectivity index (χ1n) is 8.99. The van der Waals surface area contributed by atoms with Crippen molar-refractivity contribution in [3.63, 3.8) is 0 Å². The molecule has 1 fully saturated rings. The molecule has 2 unspecified atom stereocenters. The summed E-state index contributed by atoms with van der Waals surface area (Å²) in [7, 11) is 0. The minimum atomic E-state index is -0.837. The predicted molar refractivity (Wildman–Crippen MR) is 101 cm³/mol. The van der Waals surface area contributed by atoms with Gasteiger partial charge in [0.1, 0.15) is 0 Å². The highest BCUT2D eigenvalue weighted by atomic mass is 16.4. The molecule has 2 aromatic rings. The number of rotatable bonds is 5. The molecule has 1 aliphatic rings. The van der Waals surface area contributed by atoms with Crippen molar-refractivity contribution >= 4 is 11.9 Å². The number of carboxylic acid groups (broad SMARTS) is 1. The average molecular weight is 351 g/mol. The molecule has 136 valence electrons. The second-order valence-electron chi connectivity index (χ2n) is 7.69. The molecule has 4 heteroatoms. The maximum absolute atomic E-state index is 12.9. The smallest absolute Gasteiger partial charge is 0.308 e. The van der Waals surface area contributed by atoms with Crippen molar-refractivity contribution in [1.82, 2.24) is 4.90 Å². The van der Waals surface area contributed by atoms with Gasteiger partial charge in [-0.2, -0.15) is 0 Å². The zero-order chi connectivity index (χ0) is 18.7. The van der Waals surface area contributed by atoms with Crippen molar-refractivity contribution in [2.75, 3.05) is 13.1 Å². The Morgan fingerprint density at radius 1 is 1.00 bits per heavy atom. The van der Waals surface area contributed by atoms with Gasteiger partial charge in [0.15, 0.2) is 0 Å². The van der Waals surface area contributed by atoms with Gasteiger partial charge in [-0.15, -0.1) is 0 Å². The molecule has 1 N–H and O–H groups in total. The largest absolute Gasteiger partial charge is 0.481 e. The van der Waals surface area contributed by atoms with Crippen molar-refractivity contribution < 1.29 is 14.7 Å². The lowest BCUT2D eigenvalue weighted by Gasteiger charge is -2.27. The van der Waals surface area contributed by atoms with E-state index in [1.807, 2.05) is 60.7 Å². The van der Waals surface area contributed by atoms with Crippen LogP contribution >= 0.6 is 0 Å². The van der Waals surface area contributed by atoms with Gasteiger partial charge >= 0.3 is 5.97 Å². The summed E-state index contributed by atoms with van der Waals surface area (Å²) in [6.07, 6.45) is 0.366. The highest BCUT2D eigenvalue weighted by molar-refractivity contribution is 5.80. The van der Waals surface area contributed by atoms with Crippen LogP contribution in [-0.2, 0) is 15.0 Å². The van der Waals surface area contributed by atoms with E-state index in [9.17, 15) is 14.7 Å². The van der Waals surface area contributed by atoms with Crippen LogP contribution in [0.15, 0.2) is 60.7 Å². The maximum atomic E-state index is 12.9. The fourth-order valence-corrected chi connectivity index (χ4v) is 3.78. The Labute approximate surface area is 154 Å². The highest BCUT2D eigenvalue weighted by Gasteiger charge is 2.41. The molecule has 26 heavy (non-hydrogen) atoms. The topological polar surface area (TPSA) is 57.6 Å². The predicted octanol–water partition coefficient (Wildman–Crippen LogP) is 3.68. The Kier molecular flexibility index (Phi) is 5.12. The highest BCUT2D eigenvalue weighted by Crippen LogP contribution is 2.35. The van der Waals surface area contributed by atoms with Crippen molar-refractivity contribution in [1.29, 1.82) is 0 Å². The number of carboxylic acids is 1. The number of carbonyl (C=O) groups is 2. The van der Waals surface area contributed by atoms with Gasteiger partial charge in [-0.1, -0.05) is 74.5 Å². The van der Waals surface area contributed by atoms with E-state index in [1.165, 1.54) is 0 Å². The number of likely N-dealkylation sites (tertiary alicyclic amines) is 1. The first-order valence-corrected chi connectivity index (χ1v) is 8.99. The standard InChI is InChI=1S/C22H25NO3/c1-22(2,17-11-7-4-8-12-17)13-20(24)23-14-18(19(15-23)21(25)26)16-9-5-3-6-10-16/h3-12,18-19H,13-15H2,1-2H3,(H,25,26). The maximum Gasteiger partial charge on any atom is 0.308 e. The Bertz CT molecular complexity index is 770. The Morgan fingerprint density at radius 3 is 2.15 bits per heavy atom. The van der Waals surface area contributed by atoms with Gasteiger partial charge in [0.25, 0.3) is 0 Å². The summed E-state index contributed by atoms with van der Waals surface area (Å²) in [5, 5.41) is 9.62. The number of nitrogens with zero attached hydrogens (tertiary/aromatic N) is 1. The van der Waals surface area contributed by atoms with E-state index >= 15 is 0 Å². The van der Waals surface area contributed by atoms with Crippen LogP contribution in [0.3, 0.4) is 0 Å². The molecule has 0 saturated carbocycles.